The van der Waals surface area contributed by atoms with Gasteiger partial charge >= 0.3 is 0 Å². The summed E-state index contributed by atoms with van der Waals surface area (Å²) in [7, 11) is 0. The SMILES string of the molecule is c1ccc(-c2nc(-c3ccc(-c4ccc5ccccc5c4)cc3)nc(-c3cccc4c3ccc3c5ccccc5ccc43)n2)cc1. The second kappa shape index (κ2) is 10.8. The molecule has 9 rings (SSSR count). The third-order valence-corrected chi connectivity index (χ3v) is 8.92. The molecule has 0 saturated carbocycles. The van der Waals surface area contributed by atoms with Crippen molar-refractivity contribution in [1.29, 1.82) is 0 Å². The van der Waals surface area contributed by atoms with E-state index in [1.165, 1.54) is 43.3 Å². The number of hydrogen-bond acceptors (Lipinski definition) is 3. The van der Waals surface area contributed by atoms with Gasteiger partial charge in [-0.05, 0) is 60.3 Å². The van der Waals surface area contributed by atoms with Gasteiger partial charge in [0.15, 0.2) is 17.5 Å². The van der Waals surface area contributed by atoms with Crippen molar-refractivity contribution < 1.29 is 0 Å². The summed E-state index contributed by atoms with van der Waals surface area (Å²) in [4.78, 5) is 15.1. The van der Waals surface area contributed by atoms with Crippen molar-refractivity contribution in [3.05, 3.63) is 164 Å². The molecule has 8 aromatic carbocycles. The Kier molecular flexibility index (Phi) is 6.14. The molecule has 3 nitrogen and oxygen atoms in total. The van der Waals surface area contributed by atoms with Crippen LogP contribution in [0.1, 0.15) is 0 Å². The first kappa shape index (κ1) is 26.2. The van der Waals surface area contributed by atoms with Crippen molar-refractivity contribution >= 4 is 43.1 Å². The molecule has 214 valence electrons. The molecule has 0 atom stereocenters. The zero-order chi connectivity index (χ0) is 30.5. The van der Waals surface area contributed by atoms with Gasteiger partial charge in [0.1, 0.15) is 0 Å². The number of benzene rings is 8. The fourth-order valence-electron chi connectivity index (χ4n) is 6.57. The zero-order valence-electron chi connectivity index (χ0n) is 24.9. The van der Waals surface area contributed by atoms with Crippen LogP contribution in [0.2, 0.25) is 0 Å². The van der Waals surface area contributed by atoms with Crippen molar-refractivity contribution in [2.75, 3.05) is 0 Å². The fraction of sp³-hybridized carbons (Fsp3) is 0. The Morgan fingerprint density at radius 3 is 1.61 bits per heavy atom. The maximum absolute atomic E-state index is 5.10. The summed E-state index contributed by atoms with van der Waals surface area (Å²) < 4.78 is 0. The molecule has 0 spiro atoms. The summed E-state index contributed by atoms with van der Waals surface area (Å²) in [5.74, 6) is 1.97. The van der Waals surface area contributed by atoms with Crippen LogP contribution in [-0.2, 0) is 0 Å². The van der Waals surface area contributed by atoms with Gasteiger partial charge in [0, 0.05) is 16.7 Å². The van der Waals surface area contributed by atoms with E-state index in [0.717, 1.165) is 27.6 Å². The van der Waals surface area contributed by atoms with Crippen molar-refractivity contribution in [3.63, 3.8) is 0 Å². The molecule has 46 heavy (non-hydrogen) atoms. The molecule has 3 heteroatoms. The average molecular weight is 586 g/mol. The van der Waals surface area contributed by atoms with Gasteiger partial charge < -0.3 is 0 Å². The summed E-state index contributed by atoms with van der Waals surface area (Å²) in [6, 6.07) is 57.6. The third kappa shape index (κ3) is 4.49. The minimum absolute atomic E-state index is 0.651. The number of rotatable bonds is 4. The van der Waals surface area contributed by atoms with Gasteiger partial charge in [-0.1, -0.05) is 158 Å². The highest BCUT2D eigenvalue weighted by Gasteiger charge is 2.15. The highest BCUT2D eigenvalue weighted by molar-refractivity contribution is 6.19. The molecule has 0 aliphatic heterocycles. The minimum Gasteiger partial charge on any atom is -0.208 e. The van der Waals surface area contributed by atoms with Crippen LogP contribution in [0.25, 0.3) is 88.4 Å². The second-order valence-corrected chi connectivity index (χ2v) is 11.7. The van der Waals surface area contributed by atoms with Gasteiger partial charge in [0.2, 0.25) is 0 Å². The summed E-state index contributed by atoms with van der Waals surface area (Å²) in [6.07, 6.45) is 0. The van der Waals surface area contributed by atoms with Crippen LogP contribution in [0.15, 0.2) is 164 Å². The van der Waals surface area contributed by atoms with E-state index in [2.05, 4.69) is 133 Å². The Labute approximate surface area is 266 Å². The van der Waals surface area contributed by atoms with E-state index in [1.54, 1.807) is 0 Å². The number of aromatic nitrogens is 3. The Morgan fingerprint density at radius 2 is 0.783 bits per heavy atom. The predicted molar refractivity (Wildman–Crippen MR) is 192 cm³/mol. The lowest BCUT2D eigenvalue weighted by molar-refractivity contribution is 1.08. The summed E-state index contributed by atoms with van der Waals surface area (Å²) in [5.41, 5.74) is 5.23. The lowest BCUT2D eigenvalue weighted by atomic mass is 9.95. The molecule has 1 aromatic heterocycles. The van der Waals surface area contributed by atoms with Crippen LogP contribution in [-0.4, -0.2) is 15.0 Å². The van der Waals surface area contributed by atoms with Gasteiger partial charge in [-0.3, -0.25) is 0 Å². The molecule has 0 aliphatic carbocycles. The molecular weight excluding hydrogens is 558 g/mol. The molecule has 1 heterocycles. The maximum Gasteiger partial charge on any atom is 0.164 e. The molecule has 0 amide bonds. The zero-order valence-corrected chi connectivity index (χ0v) is 24.9. The topological polar surface area (TPSA) is 38.7 Å². The van der Waals surface area contributed by atoms with Gasteiger partial charge in [0.25, 0.3) is 0 Å². The van der Waals surface area contributed by atoms with Crippen LogP contribution < -0.4 is 0 Å². The van der Waals surface area contributed by atoms with Crippen LogP contribution in [0.5, 0.6) is 0 Å². The molecule has 0 radical (unpaired) electrons. The van der Waals surface area contributed by atoms with Gasteiger partial charge in [-0.2, -0.15) is 0 Å². The fourth-order valence-corrected chi connectivity index (χ4v) is 6.57. The van der Waals surface area contributed by atoms with Crippen LogP contribution in [0, 0.1) is 0 Å². The molecule has 0 aliphatic rings. The van der Waals surface area contributed by atoms with E-state index in [0.29, 0.717) is 17.5 Å². The van der Waals surface area contributed by atoms with Crippen LogP contribution >= 0.6 is 0 Å². The van der Waals surface area contributed by atoms with Crippen molar-refractivity contribution in [1.82, 2.24) is 15.0 Å². The Morgan fingerprint density at radius 1 is 0.261 bits per heavy atom. The van der Waals surface area contributed by atoms with Gasteiger partial charge in [-0.25, -0.2) is 15.0 Å². The number of nitrogens with zero attached hydrogens (tertiary/aromatic N) is 3. The number of hydrogen-bond donors (Lipinski definition) is 0. The smallest absolute Gasteiger partial charge is 0.164 e. The van der Waals surface area contributed by atoms with Crippen molar-refractivity contribution in [3.8, 4) is 45.3 Å². The quantitative estimate of drug-likeness (QED) is 0.193. The lowest BCUT2D eigenvalue weighted by Gasteiger charge is -2.12. The average Bonchev–Trinajstić information content (AvgIpc) is 3.14. The normalized spacial score (nSPS) is 11.5. The second-order valence-electron chi connectivity index (χ2n) is 11.7. The van der Waals surface area contributed by atoms with E-state index >= 15 is 0 Å². The summed E-state index contributed by atoms with van der Waals surface area (Å²) >= 11 is 0. The molecular formula is C43H27N3. The monoisotopic (exact) mass is 585 g/mol. The summed E-state index contributed by atoms with van der Waals surface area (Å²) in [5, 5.41) is 9.74. The van der Waals surface area contributed by atoms with E-state index < -0.39 is 0 Å². The van der Waals surface area contributed by atoms with Gasteiger partial charge in [-0.15, -0.1) is 0 Å². The molecule has 0 saturated heterocycles. The van der Waals surface area contributed by atoms with E-state index in [4.69, 9.17) is 15.0 Å². The van der Waals surface area contributed by atoms with Crippen LogP contribution in [0.4, 0.5) is 0 Å². The minimum atomic E-state index is 0.651. The highest BCUT2D eigenvalue weighted by atomic mass is 15.0. The first-order valence-corrected chi connectivity index (χ1v) is 15.5. The highest BCUT2D eigenvalue weighted by Crippen LogP contribution is 2.36. The Bertz CT molecular complexity index is 2570. The standard InChI is InChI=1S/C43H27N3/c1-2-11-31(12-3-1)41-44-42(32-20-17-29(18-21-32)34-22-19-28-9-4-5-13-33(28)27-34)46-43(45-41)40-16-8-15-36-38-24-23-30-10-6-7-14-35(30)37(38)25-26-39(36)40/h1-27H. The molecule has 0 fully saturated rings. The first-order valence-electron chi connectivity index (χ1n) is 15.5. The molecule has 9 aromatic rings. The number of fused-ring (bicyclic) bond motifs is 6. The predicted octanol–water partition coefficient (Wildman–Crippen LogP) is 11.2. The van der Waals surface area contributed by atoms with Gasteiger partial charge in [0.05, 0.1) is 0 Å². The van der Waals surface area contributed by atoms with E-state index in [-0.39, 0.29) is 0 Å². The molecule has 0 bridgehead atoms. The Balaban J connectivity index is 1.19. The van der Waals surface area contributed by atoms with Crippen LogP contribution in [0.3, 0.4) is 0 Å². The van der Waals surface area contributed by atoms with E-state index in [9.17, 15) is 0 Å². The van der Waals surface area contributed by atoms with Crippen molar-refractivity contribution in [2.45, 2.75) is 0 Å². The van der Waals surface area contributed by atoms with E-state index in [1.807, 2.05) is 30.3 Å². The Hall–Kier alpha value is -6.19. The lowest BCUT2D eigenvalue weighted by Crippen LogP contribution is -2.00. The maximum atomic E-state index is 5.10. The largest absolute Gasteiger partial charge is 0.208 e. The summed E-state index contributed by atoms with van der Waals surface area (Å²) in [6.45, 7) is 0. The third-order valence-electron chi connectivity index (χ3n) is 8.92. The van der Waals surface area contributed by atoms with Crippen molar-refractivity contribution in [2.24, 2.45) is 0 Å². The first-order chi connectivity index (χ1) is 22.8. The molecule has 0 N–H and O–H groups in total. The molecule has 0 unspecified atom stereocenters.